The minimum absolute atomic E-state index is 0.0691. The number of furan rings is 1. The first-order valence-electron chi connectivity index (χ1n) is 7.13. The number of carbonyl (C=O) groups is 2. The van der Waals surface area contributed by atoms with Crippen molar-refractivity contribution in [2.45, 2.75) is 25.8 Å². The number of aromatic carboxylic acids is 1. The van der Waals surface area contributed by atoms with E-state index in [1.165, 1.54) is 18.3 Å². The molecule has 3 heterocycles. The number of carbonyl (C=O) groups excluding carboxylic acids is 1. The van der Waals surface area contributed by atoms with Crippen LogP contribution in [0.15, 0.2) is 34.9 Å². The number of likely N-dealkylation sites (tertiary alicyclic amines) is 1. The van der Waals surface area contributed by atoms with Crippen LogP contribution in [0.2, 0.25) is 0 Å². The predicted molar refractivity (Wildman–Crippen MR) is 77.7 cm³/mol. The predicted octanol–water partition coefficient (Wildman–Crippen LogP) is 2.66. The number of hydrogen-bond donors (Lipinski definition) is 1. The summed E-state index contributed by atoms with van der Waals surface area (Å²) >= 11 is 0. The van der Waals surface area contributed by atoms with Gasteiger partial charge in [-0.3, -0.25) is 4.79 Å². The van der Waals surface area contributed by atoms with E-state index in [4.69, 9.17) is 9.52 Å². The van der Waals surface area contributed by atoms with Gasteiger partial charge in [0.05, 0.1) is 11.6 Å². The molecule has 3 rings (SSSR count). The largest absolute Gasteiger partial charge is 0.477 e. The average Bonchev–Trinajstić information content (AvgIpc) is 3.15. The number of nitrogens with zero attached hydrogens (tertiary/aromatic N) is 2. The van der Waals surface area contributed by atoms with Gasteiger partial charge >= 0.3 is 5.97 Å². The fraction of sp³-hybridized carbons (Fsp3) is 0.312. The lowest BCUT2D eigenvalue weighted by molar-refractivity contribution is 0.0684. The lowest BCUT2D eigenvalue weighted by Crippen LogP contribution is -2.30. The monoisotopic (exact) mass is 300 g/mol. The van der Waals surface area contributed by atoms with Crippen molar-refractivity contribution in [1.29, 1.82) is 0 Å². The van der Waals surface area contributed by atoms with E-state index in [2.05, 4.69) is 4.98 Å². The van der Waals surface area contributed by atoms with Gasteiger partial charge < -0.3 is 14.4 Å². The first-order chi connectivity index (χ1) is 10.6. The molecule has 0 aliphatic carbocycles. The molecule has 0 radical (unpaired) electrons. The number of amides is 1. The number of rotatable bonds is 3. The van der Waals surface area contributed by atoms with Crippen LogP contribution >= 0.6 is 0 Å². The Morgan fingerprint density at radius 3 is 2.73 bits per heavy atom. The molecule has 2 aromatic heterocycles. The molecule has 114 valence electrons. The number of aryl methyl sites for hydroxylation is 1. The summed E-state index contributed by atoms with van der Waals surface area (Å²) < 4.78 is 5.65. The van der Waals surface area contributed by atoms with Gasteiger partial charge in [0.1, 0.15) is 17.2 Å². The highest BCUT2D eigenvalue weighted by Gasteiger charge is 2.32. The lowest BCUT2D eigenvalue weighted by Gasteiger charge is -2.23. The molecule has 0 aromatic carbocycles. The molecule has 1 amide bonds. The fourth-order valence-corrected chi connectivity index (χ4v) is 2.75. The molecule has 1 aliphatic heterocycles. The van der Waals surface area contributed by atoms with E-state index in [1.807, 2.05) is 19.1 Å². The second-order valence-electron chi connectivity index (χ2n) is 5.34. The smallest absolute Gasteiger partial charge is 0.354 e. The highest BCUT2D eigenvalue weighted by Crippen LogP contribution is 2.33. The van der Waals surface area contributed by atoms with Crippen LogP contribution in [0.25, 0.3) is 0 Å². The Bertz CT molecular complexity index is 705. The summed E-state index contributed by atoms with van der Waals surface area (Å²) in [7, 11) is 0. The van der Waals surface area contributed by atoms with E-state index in [-0.39, 0.29) is 17.6 Å². The minimum atomic E-state index is -1.11. The zero-order valence-corrected chi connectivity index (χ0v) is 12.2. The Morgan fingerprint density at radius 2 is 2.14 bits per heavy atom. The summed E-state index contributed by atoms with van der Waals surface area (Å²) in [6.45, 7) is 2.53. The average molecular weight is 300 g/mol. The molecular weight excluding hydrogens is 284 g/mol. The van der Waals surface area contributed by atoms with E-state index in [0.29, 0.717) is 12.1 Å². The Morgan fingerprint density at radius 1 is 1.32 bits per heavy atom. The van der Waals surface area contributed by atoms with Crippen molar-refractivity contribution < 1.29 is 19.1 Å². The van der Waals surface area contributed by atoms with Crippen molar-refractivity contribution in [3.05, 3.63) is 53.2 Å². The Hall–Kier alpha value is -2.63. The van der Waals surface area contributed by atoms with E-state index in [0.717, 1.165) is 24.4 Å². The maximum absolute atomic E-state index is 12.6. The summed E-state index contributed by atoms with van der Waals surface area (Å²) in [6, 6.07) is 6.57. The molecule has 0 saturated carbocycles. The Balaban J connectivity index is 1.82. The van der Waals surface area contributed by atoms with Crippen LogP contribution in [0.5, 0.6) is 0 Å². The van der Waals surface area contributed by atoms with E-state index in [1.54, 1.807) is 4.90 Å². The maximum atomic E-state index is 12.6. The minimum Gasteiger partial charge on any atom is -0.477 e. The van der Waals surface area contributed by atoms with Crippen molar-refractivity contribution >= 4 is 11.9 Å². The van der Waals surface area contributed by atoms with Crippen LogP contribution < -0.4 is 0 Å². The molecular formula is C16H16N2O4. The van der Waals surface area contributed by atoms with Gasteiger partial charge in [-0.05, 0) is 44.0 Å². The zero-order chi connectivity index (χ0) is 15.7. The summed E-state index contributed by atoms with van der Waals surface area (Å²) in [5, 5.41) is 8.85. The Labute approximate surface area is 127 Å². The summed E-state index contributed by atoms with van der Waals surface area (Å²) in [6.07, 6.45) is 3.09. The van der Waals surface area contributed by atoms with Gasteiger partial charge in [-0.1, -0.05) is 0 Å². The molecule has 2 aromatic rings. The SMILES string of the molecule is Cc1ccc(C2CCCN2C(=O)c2ccc(C(=O)O)nc2)o1. The van der Waals surface area contributed by atoms with Crippen LogP contribution in [0.3, 0.4) is 0 Å². The van der Waals surface area contributed by atoms with Gasteiger partial charge in [0.2, 0.25) is 0 Å². The molecule has 6 heteroatoms. The highest BCUT2D eigenvalue weighted by molar-refractivity contribution is 5.95. The van der Waals surface area contributed by atoms with E-state index >= 15 is 0 Å². The number of carboxylic acid groups (broad SMARTS) is 1. The summed E-state index contributed by atoms with van der Waals surface area (Å²) in [5.41, 5.74) is 0.316. The first kappa shape index (κ1) is 14.3. The van der Waals surface area contributed by atoms with Crippen molar-refractivity contribution in [2.24, 2.45) is 0 Å². The molecule has 6 nitrogen and oxygen atoms in total. The van der Waals surface area contributed by atoms with Crippen molar-refractivity contribution in [3.63, 3.8) is 0 Å². The molecule has 1 unspecified atom stereocenters. The normalized spacial score (nSPS) is 17.7. The first-order valence-corrected chi connectivity index (χ1v) is 7.13. The number of hydrogen-bond acceptors (Lipinski definition) is 4. The van der Waals surface area contributed by atoms with E-state index < -0.39 is 5.97 Å². The number of carboxylic acids is 1. The van der Waals surface area contributed by atoms with Crippen LogP contribution in [-0.2, 0) is 0 Å². The van der Waals surface area contributed by atoms with Crippen LogP contribution in [-0.4, -0.2) is 33.4 Å². The summed E-state index contributed by atoms with van der Waals surface area (Å²) in [5.74, 6) is 0.352. The van der Waals surface area contributed by atoms with Crippen molar-refractivity contribution in [2.75, 3.05) is 6.54 Å². The molecule has 0 bridgehead atoms. The Kier molecular flexibility index (Phi) is 3.66. The van der Waals surface area contributed by atoms with Crippen LogP contribution in [0.4, 0.5) is 0 Å². The number of aromatic nitrogens is 1. The van der Waals surface area contributed by atoms with Crippen molar-refractivity contribution in [1.82, 2.24) is 9.88 Å². The lowest BCUT2D eigenvalue weighted by atomic mass is 10.1. The van der Waals surface area contributed by atoms with Crippen LogP contribution in [0.1, 0.15) is 51.3 Å². The van der Waals surface area contributed by atoms with Gasteiger partial charge in [0.25, 0.3) is 5.91 Å². The van der Waals surface area contributed by atoms with E-state index in [9.17, 15) is 9.59 Å². The molecule has 1 fully saturated rings. The third-order valence-electron chi connectivity index (χ3n) is 3.83. The third kappa shape index (κ3) is 2.59. The zero-order valence-electron chi connectivity index (χ0n) is 12.2. The van der Waals surface area contributed by atoms with Crippen LogP contribution in [0, 0.1) is 6.92 Å². The standard InChI is InChI=1S/C16H16N2O4/c1-10-4-7-14(22-10)13-3-2-8-18(13)15(19)11-5-6-12(16(20)21)17-9-11/h4-7,9,13H,2-3,8H2,1H3,(H,20,21). The fourth-order valence-electron chi connectivity index (χ4n) is 2.75. The molecule has 1 saturated heterocycles. The molecule has 22 heavy (non-hydrogen) atoms. The summed E-state index contributed by atoms with van der Waals surface area (Å²) in [4.78, 5) is 29.0. The van der Waals surface area contributed by atoms with Gasteiger partial charge in [-0.2, -0.15) is 0 Å². The van der Waals surface area contributed by atoms with Gasteiger partial charge in [-0.25, -0.2) is 9.78 Å². The van der Waals surface area contributed by atoms with Gasteiger partial charge in [-0.15, -0.1) is 0 Å². The number of pyridine rings is 1. The van der Waals surface area contributed by atoms with Gasteiger partial charge in [0.15, 0.2) is 0 Å². The second kappa shape index (κ2) is 5.63. The highest BCUT2D eigenvalue weighted by atomic mass is 16.4. The third-order valence-corrected chi connectivity index (χ3v) is 3.83. The molecule has 1 atom stereocenters. The van der Waals surface area contributed by atoms with Crippen molar-refractivity contribution in [3.8, 4) is 0 Å². The maximum Gasteiger partial charge on any atom is 0.354 e. The van der Waals surface area contributed by atoms with Gasteiger partial charge in [0, 0.05) is 12.7 Å². The quantitative estimate of drug-likeness (QED) is 0.942. The molecule has 1 N–H and O–H groups in total. The molecule has 1 aliphatic rings. The second-order valence-corrected chi connectivity index (χ2v) is 5.34. The molecule has 0 spiro atoms. The topological polar surface area (TPSA) is 83.6 Å².